The summed E-state index contributed by atoms with van der Waals surface area (Å²) in [6.07, 6.45) is 10.6. The van der Waals surface area contributed by atoms with Crippen molar-refractivity contribution in [2.45, 2.75) is 25.3 Å². The van der Waals surface area contributed by atoms with Crippen LogP contribution in [0, 0.1) is 0 Å². The molecule has 1 saturated heterocycles. The summed E-state index contributed by atoms with van der Waals surface area (Å²) in [5, 5.41) is 10.6. The lowest BCUT2D eigenvalue weighted by molar-refractivity contribution is 0.102. The van der Waals surface area contributed by atoms with Crippen LogP contribution in [-0.4, -0.2) is 49.5 Å². The number of hydrogen-bond donors (Lipinski definition) is 3. The Morgan fingerprint density at radius 1 is 1.13 bits per heavy atom. The van der Waals surface area contributed by atoms with E-state index in [4.69, 9.17) is 0 Å². The lowest BCUT2D eigenvalue weighted by atomic mass is 10.0. The van der Waals surface area contributed by atoms with Gasteiger partial charge in [0.2, 0.25) is 0 Å². The fourth-order valence-electron chi connectivity index (χ4n) is 4.05. The molecule has 8 nitrogen and oxygen atoms in total. The number of likely N-dealkylation sites (tertiary alicyclic amines) is 1. The van der Waals surface area contributed by atoms with Crippen molar-refractivity contribution in [3.05, 3.63) is 60.4 Å². The lowest BCUT2D eigenvalue weighted by Crippen LogP contribution is -2.29. The third kappa shape index (κ3) is 3.57. The number of rotatable bonds is 4. The van der Waals surface area contributed by atoms with Gasteiger partial charge in [0, 0.05) is 52.9 Å². The van der Waals surface area contributed by atoms with Gasteiger partial charge < -0.3 is 10.3 Å². The zero-order chi connectivity index (χ0) is 20.5. The SMILES string of the molecule is CN1CCCC[C@@H]1c1cc2cnc(NC(=O)c3ccc(-c4cn[nH]c4)cn3)cc2[nH]1. The first-order valence-corrected chi connectivity index (χ1v) is 10.1. The molecular weight excluding hydrogens is 378 g/mol. The highest BCUT2D eigenvalue weighted by Crippen LogP contribution is 2.31. The molecule has 0 aliphatic carbocycles. The van der Waals surface area contributed by atoms with Crippen molar-refractivity contribution in [2.75, 3.05) is 18.9 Å². The Morgan fingerprint density at radius 3 is 2.83 bits per heavy atom. The van der Waals surface area contributed by atoms with E-state index in [1.165, 1.54) is 18.5 Å². The van der Waals surface area contributed by atoms with Gasteiger partial charge in [-0.25, -0.2) is 4.98 Å². The minimum Gasteiger partial charge on any atom is -0.357 e. The summed E-state index contributed by atoms with van der Waals surface area (Å²) in [5.74, 6) is 0.206. The summed E-state index contributed by atoms with van der Waals surface area (Å²) in [5.41, 5.74) is 4.32. The van der Waals surface area contributed by atoms with Crippen LogP contribution in [0.2, 0.25) is 0 Å². The Bertz CT molecular complexity index is 1160. The molecule has 30 heavy (non-hydrogen) atoms. The van der Waals surface area contributed by atoms with Crippen LogP contribution in [0.1, 0.15) is 41.5 Å². The smallest absolute Gasteiger partial charge is 0.275 e. The largest absolute Gasteiger partial charge is 0.357 e. The number of nitrogens with zero attached hydrogens (tertiary/aromatic N) is 4. The number of amides is 1. The summed E-state index contributed by atoms with van der Waals surface area (Å²) < 4.78 is 0. The zero-order valence-corrected chi connectivity index (χ0v) is 16.7. The fraction of sp³-hybridized carbons (Fsp3) is 0.273. The molecule has 8 heteroatoms. The molecular formula is C22H23N7O. The van der Waals surface area contributed by atoms with Gasteiger partial charge in [-0.15, -0.1) is 0 Å². The summed E-state index contributed by atoms with van der Waals surface area (Å²) in [6.45, 7) is 1.12. The molecule has 1 amide bonds. The van der Waals surface area contributed by atoms with Crippen LogP contribution < -0.4 is 5.32 Å². The Hall–Kier alpha value is -3.52. The molecule has 1 aliphatic rings. The van der Waals surface area contributed by atoms with Gasteiger partial charge in [-0.2, -0.15) is 5.10 Å². The van der Waals surface area contributed by atoms with Crippen LogP contribution in [0.15, 0.2) is 49.1 Å². The van der Waals surface area contributed by atoms with Gasteiger partial charge in [-0.3, -0.25) is 19.8 Å². The third-order valence-corrected chi connectivity index (χ3v) is 5.72. The third-order valence-electron chi connectivity index (χ3n) is 5.72. The standard InChI is InChI=1S/C22H23N7O/c1-29-7-3-2-4-20(29)19-8-15-11-24-21(9-18(15)27-19)28-22(30)17-6-5-14(10-23-17)16-12-25-26-13-16/h5-6,8-13,20,27H,2-4,7H2,1H3,(H,25,26)(H,24,28,30)/t20-/m1/s1. The predicted molar refractivity (Wildman–Crippen MR) is 115 cm³/mol. The number of fused-ring (bicyclic) bond motifs is 1. The monoisotopic (exact) mass is 401 g/mol. The first kappa shape index (κ1) is 18.5. The van der Waals surface area contributed by atoms with Crippen molar-refractivity contribution in [1.82, 2.24) is 30.0 Å². The Labute approximate surface area is 173 Å². The molecule has 1 aliphatic heterocycles. The molecule has 0 bridgehead atoms. The summed E-state index contributed by atoms with van der Waals surface area (Å²) in [7, 11) is 2.17. The van der Waals surface area contributed by atoms with Crippen LogP contribution in [-0.2, 0) is 0 Å². The van der Waals surface area contributed by atoms with Crippen molar-refractivity contribution in [2.24, 2.45) is 0 Å². The number of aromatic nitrogens is 5. The first-order chi connectivity index (χ1) is 14.7. The van der Waals surface area contributed by atoms with E-state index in [-0.39, 0.29) is 5.91 Å². The number of pyridine rings is 2. The average Bonchev–Trinajstić information content (AvgIpc) is 3.44. The predicted octanol–water partition coefficient (Wildman–Crippen LogP) is 3.76. The number of carbonyl (C=O) groups excluding carboxylic acids is 1. The van der Waals surface area contributed by atoms with Crippen molar-refractivity contribution in [1.29, 1.82) is 0 Å². The van der Waals surface area contributed by atoms with Gasteiger partial charge in [-0.1, -0.05) is 12.5 Å². The maximum atomic E-state index is 12.6. The van der Waals surface area contributed by atoms with Gasteiger partial charge >= 0.3 is 0 Å². The number of carbonyl (C=O) groups is 1. The second-order valence-electron chi connectivity index (χ2n) is 7.75. The van der Waals surface area contributed by atoms with E-state index in [9.17, 15) is 4.79 Å². The summed E-state index contributed by atoms with van der Waals surface area (Å²) in [6, 6.07) is 7.99. The Morgan fingerprint density at radius 2 is 2.07 bits per heavy atom. The zero-order valence-electron chi connectivity index (χ0n) is 16.7. The summed E-state index contributed by atoms with van der Waals surface area (Å²) in [4.78, 5) is 27.2. The quantitative estimate of drug-likeness (QED) is 0.483. The van der Waals surface area contributed by atoms with Crippen molar-refractivity contribution in [3.8, 4) is 11.1 Å². The molecule has 1 fully saturated rings. The van der Waals surface area contributed by atoms with Gasteiger partial charge in [0.1, 0.15) is 11.5 Å². The molecule has 4 aromatic heterocycles. The number of anilines is 1. The molecule has 5 heterocycles. The van der Waals surface area contributed by atoms with E-state index in [2.05, 4.69) is 48.5 Å². The second-order valence-corrected chi connectivity index (χ2v) is 7.75. The van der Waals surface area contributed by atoms with Crippen LogP contribution >= 0.6 is 0 Å². The first-order valence-electron chi connectivity index (χ1n) is 10.1. The van der Waals surface area contributed by atoms with E-state index >= 15 is 0 Å². The van der Waals surface area contributed by atoms with Crippen LogP contribution in [0.3, 0.4) is 0 Å². The molecule has 1 atom stereocenters. The van der Waals surface area contributed by atoms with Gasteiger partial charge in [0.15, 0.2) is 0 Å². The van der Waals surface area contributed by atoms with Gasteiger partial charge in [-0.05, 0) is 38.6 Å². The second kappa shape index (κ2) is 7.72. The van der Waals surface area contributed by atoms with Crippen LogP contribution in [0.4, 0.5) is 5.82 Å². The van der Waals surface area contributed by atoms with Crippen molar-refractivity contribution < 1.29 is 4.79 Å². The molecule has 0 radical (unpaired) electrons. The van der Waals surface area contributed by atoms with E-state index in [1.807, 2.05) is 12.1 Å². The van der Waals surface area contributed by atoms with E-state index < -0.39 is 0 Å². The van der Waals surface area contributed by atoms with Crippen LogP contribution in [0.5, 0.6) is 0 Å². The Balaban J connectivity index is 1.33. The van der Waals surface area contributed by atoms with Crippen molar-refractivity contribution in [3.63, 3.8) is 0 Å². The van der Waals surface area contributed by atoms with E-state index in [1.54, 1.807) is 30.9 Å². The number of hydrogen-bond acceptors (Lipinski definition) is 5. The molecule has 5 rings (SSSR count). The normalized spacial score (nSPS) is 17.3. The molecule has 3 N–H and O–H groups in total. The molecule has 0 spiro atoms. The average molecular weight is 401 g/mol. The lowest BCUT2D eigenvalue weighted by Gasteiger charge is -2.31. The summed E-state index contributed by atoms with van der Waals surface area (Å²) >= 11 is 0. The topological polar surface area (TPSA) is 103 Å². The number of H-pyrrole nitrogens is 2. The number of aromatic amines is 2. The maximum absolute atomic E-state index is 12.6. The Kier molecular flexibility index (Phi) is 4.76. The molecule has 152 valence electrons. The van der Waals surface area contributed by atoms with E-state index in [0.29, 0.717) is 17.6 Å². The number of nitrogens with one attached hydrogen (secondary N) is 3. The molecule has 4 aromatic rings. The van der Waals surface area contributed by atoms with Gasteiger partial charge in [0.25, 0.3) is 5.91 Å². The highest BCUT2D eigenvalue weighted by molar-refractivity contribution is 6.03. The molecule has 0 unspecified atom stereocenters. The fourth-order valence-corrected chi connectivity index (χ4v) is 4.05. The highest BCUT2D eigenvalue weighted by atomic mass is 16.1. The minimum atomic E-state index is -0.292. The maximum Gasteiger partial charge on any atom is 0.275 e. The van der Waals surface area contributed by atoms with Crippen molar-refractivity contribution >= 4 is 22.6 Å². The van der Waals surface area contributed by atoms with E-state index in [0.717, 1.165) is 35.0 Å². The highest BCUT2D eigenvalue weighted by Gasteiger charge is 2.22. The molecule has 0 aromatic carbocycles. The number of piperidine rings is 1. The minimum absolute atomic E-state index is 0.292. The molecule has 0 saturated carbocycles. The van der Waals surface area contributed by atoms with Crippen LogP contribution in [0.25, 0.3) is 22.0 Å². The van der Waals surface area contributed by atoms with Gasteiger partial charge in [0.05, 0.1) is 11.7 Å².